The van der Waals surface area contributed by atoms with Crippen LogP contribution < -0.4 is 10.0 Å². The van der Waals surface area contributed by atoms with Gasteiger partial charge < -0.3 is 30.5 Å². The second-order valence-corrected chi connectivity index (χ2v) is 9.72. The minimum atomic E-state index is -4.22. The molecule has 32 heavy (non-hydrogen) atoms. The first-order valence-electron chi connectivity index (χ1n) is 9.70. The first-order valence-corrected chi connectivity index (χ1v) is 11.6. The fraction of sp³-hybridized carbons (Fsp3) is 0.474. The van der Waals surface area contributed by atoms with Gasteiger partial charge in [-0.25, -0.2) is 17.9 Å². The first kappa shape index (κ1) is 24.4. The topological polar surface area (TPSA) is 182 Å². The zero-order chi connectivity index (χ0) is 23.6. The van der Waals surface area contributed by atoms with Gasteiger partial charge in [0.2, 0.25) is 21.7 Å². The predicted octanol–water partition coefficient (Wildman–Crippen LogP) is -1.04. The summed E-state index contributed by atoms with van der Waals surface area (Å²) < 4.78 is 33.4. The molecule has 1 aromatic rings. The Hall–Kier alpha value is -2.22. The second kappa shape index (κ2) is 9.73. The van der Waals surface area contributed by atoms with E-state index in [0.717, 1.165) is 6.08 Å². The number of amides is 1. The van der Waals surface area contributed by atoms with E-state index in [1.54, 1.807) is 0 Å². The summed E-state index contributed by atoms with van der Waals surface area (Å²) in [5.74, 6) is -2.98. The highest BCUT2D eigenvalue weighted by atomic mass is 35.5. The van der Waals surface area contributed by atoms with Crippen LogP contribution in [0.15, 0.2) is 41.0 Å². The van der Waals surface area contributed by atoms with Crippen molar-refractivity contribution in [1.82, 2.24) is 10.0 Å². The average molecular weight is 491 g/mol. The smallest absolute Gasteiger partial charge is 0.370 e. The van der Waals surface area contributed by atoms with Crippen molar-refractivity contribution in [3.05, 3.63) is 41.1 Å². The van der Waals surface area contributed by atoms with Crippen LogP contribution in [0.5, 0.6) is 0 Å². The molecule has 1 heterocycles. The Morgan fingerprint density at radius 3 is 2.34 bits per heavy atom. The number of hydrogen-bond donors (Lipinski definition) is 6. The molecule has 0 saturated heterocycles. The molecule has 11 nitrogen and oxygen atoms in total. The summed E-state index contributed by atoms with van der Waals surface area (Å²) in [6, 6.07) is 2.55. The number of hydrogen-bond acceptors (Lipinski definition) is 8. The molecule has 6 N–H and O–H groups in total. The minimum Gasteiger partial charge on any atom is -0.478 e. The molecule has 1 aromatic carbocycles. The molecular weight excluding hydrogens is 468 g/mol. The van der Waals surface area contributed by atoms with Crippen LogP contribution in [0.3, 0.4) is 0 Å². The van der Waals surface area contributed by atoms with Crippen molar-refractivity contribution in [3.8, 4) is 0 Å². The summed E-state index contributed by atoms with van der Waals surface area (Å²) in [6.07, 6.45) is -2.93. The minimum absolute atomic E-state index is 0.168. The van der Waals surface area contributed by atoms with E-state index in [9.17, 15) is 38.4 Å². The number of aliphatic carboxylic acids is 1. The third-order valence-corrected chi connectivity index (χ3v) is 6.86. The summed E-state index contributed by atoms with van der Waals surface area (Å²) in [5.41, 5.74) is 0. The largest absolute Gasteiger partial charge is 0.478 e. The van der Waals surface area contributed by atoms with Crippen molar-refractivity contribution < 1.29 is 43.2 Å². The van der Waals surface area contributed by atoms with Crippen LogP contribution in [0.4, 0.5) is 0 Å². The van der Waals surface area contributed by atoms with Gasteiger partial charge in [-0.15, -0.1) is 0 Å². The van der Waals surface area contributed by atoms with Gasteiger partial charge in [0, 0.05) is 10.9 Å². The highest BCUT2D eigenvalue weighted by molar-refractivity contribution is 7.89. The first-order chi connectivity index (χ1) is 15.0. The molecule has 1 aliphatic carbocycles. The lowest BCUT2D eigenvalue weighted by Crippen LogP contribution is -2.64. The fourth-order valence-electron chi connectivity index (χ4n) is 3.23. The summed E-state index contributed by atoms with van der Waals surface area (Å²) >= 11 is 5.79. The number of nitrogens with one attached hydrogen (secondary N) is 2. The highest BCUT2D eigenvalue weighted by Crippen LogP contribution is 2.31. The van der Waals surface area contributed by atoms with Crippen molar-refractivity contribution in [3.63, 3.8) is 0 Å². The molecule has 1 aliphatic heterocycles. The van der Waals surface area contributed by atoms with E-state index in [1.807, 2.05) is 0 Å². The van der Waals surface area contributed by atoms with Crippen LogP contribution in [-0.2, 0) is 24.3 Å². The van der Waals surface area contributed by atoms with E-state index in [1.165, 1.54) is 24.3 Å². The Kier molecular flexibility index (Phi) is 7.43. The maximum Gasteiger partial charge on any atom is 0.370 e. The zero-order valence-electron chi connectivity index (χ0n) is 16.6. The van der Waals surface area contributed by atoms with Gasteiger partial charge in [0.15, 0.2) is 0 Å². The van der Waals surface area contributed by atoms with Gasteiger partial charge in [0.05, 0.1) is 23.6 Å². The fourth-order valence-corrected chi connectivity index (χ4v) is 4.56. The van der Waals surface area contributed by atoms with E-state index in [0.29, 0.717) is 17.9 Å². The van der Waals surface area contributed by atoms with Gasteiger partial charge in [0.25, 0.3) is 0 Å². The van der Waals surface area contributed by atoms with E-state index in [4.69, 9.17) is 16.3 Å². The van der Waals surface area contributed by atoms with Gasteiger partial charge in [-0.1, -0.05) is 11.6 Å². The number of ether oxygens (including phenoxy) is 1. The van der Waals surface area contributed by atoms with Gasteiger partial charge in [0.1, 0.15) is 18.3 Å². The molecule has 1 saturated carbocycles. The summed E-state index contributed by atoms with van der Waals surface area (Å²) in [4.78, 5) is 23.8. The lowest BCUT2D eigenvalue weighted by molar-refractivity contribution is -0.146. The summed E-state index contributed by atoms with van der Waals surface area (Å²) in [5, 5.41) is 41.8. The highest BCUT2D eigenvalue weighted by Gasteiger charge is 2.46. The Labute approximate surface area is 188 Å². The molecule has 2 aliphatic rings. The number of carbonyl (C=O) groups is 2. The van der Waals surface area contributed by atoms with Crippen molar-refractivity contribution in [1.29, 1.82) is 0 Å². The van der Waals surface area contributed by atoms with Gasteiger partial charge >= 0.3 is 5.97 Å². The third-order valence-electron chi connectivity index (χ3n) is 5.14. The maximum absolute atomic E-state index is 12.9. The molecule has 0 aromatic heterocycles. The lowest BCUT2D eigenvalue weighted by Gasteiger charge is -2.40. The van der Waals surface area contributed by atoms with Crippen molar-refractivity contribution in [2.75, 3.05) is 6.61 Å². The lowest BCUT2D eigenvalue weighted by atomic mass is 9.92. The Morgan fingerprint density at radius 2 is 1.81 bits per heavy atom. The standard InChI is InChI=1S/C19H23ClN2O9S/c20-10-3-5-11(6-4-10)32(29,30)22-12-7-14(19(27)28)31-17(16(25)13(24)8-23)15(12)21-18(26)9-1-2-9/h3-7,9,12-13,15-17,22-25H,1-2,8H2,(H,21,26)(H,27,28)/t12-,13+,15+,16+,17+/m0/s1. The van der Waals surface area contributed by atoms with Crippen molar-refractivity contribution in [2.45, 2.75) is 48.1 Å². The Morgan fingerprint density at radius 1 is 1.19 bits per heavy atom. The normalized spacial score (nSPS) is 25.2. The monoisotopic (exact) mass is 490 g/mol. The molecular formula is C19H23ClN2O9S. The van der Waals surface area contributed by atoms with E-state index in [2.05, 4.69) is 10.0 Å². The van der Waals surface area contributed by atoms with Crippen molar-refractivity contribution >= 4 is 33.5 Å². The van der Waals surface area contributed by atoms with E-state index in [-0.39, 0.29) is 10.8 Å². The number of halogens is 1. The van der Waals surface area contributed by atoms with Crippen LogP contribution >= 0.6 is 11.6 Å². The number of aliphatic hydroxyl groups excluding tert-OH is 3. The number of carboxylic acid groups (broad SMARTS) is 1. The van der Waals surface area contributed by atoms with Crippen LogP contribution in [-0.4, -0.2) is 77.7 Å². The summed E-state index contributed by atoms with van der Waals surface area (Å²) in [7, 11) is -4.22. The quantitative estimate of drug-likeness (QED) is 0.252. The number of rotatable bonds is 9. The molecule has 3 rings (SSSR count). The SMILES string of the molecule is O=C(O)C1=C[C@H](NS(=O)(=O)c2ccc(Cl)cc2)[C@@H](NC(=O)C2CC2)[C@H]([C@H](O)[C@H](O)CO)O1. The maximum atomic E-state index is 12.9. The van der Waals surface area contributed by atoms with Gasteiger partial charge in [-0.3, -0.25) is 4.79 Å². The second-order valence-electron chi connectivity index (χ2n) is 7.57. The molecule has 0 spiro atoms. The number of carboxylic acids is 1. The third kappa shape index (κ3) is 5.57. The van der Waals surface area contributed by atoms with Gasteiger partial charge in [-0.2, -0.15) is 0 Å². The summed E-state index contributed by atoms with van der Waals surface area (Å²) in [6.45, 7) is -0.877. The molecule has 13 heteroatoms. The molecule has 0 bridgehead atoms. The molecule has 176 valence electrons. The van der Waals surface area contributed by atoms with Gasteiger partial charge in [-0.05, 0) is 43.2 Å². The van der Waals surface area contributed by atoms with Crippen LogP contribution in [0, 0.1) is 5.92 Å². The molecule has 1 amide bonds. The number of aliphatic hydroxyl groups is 3. The predicted molar refractivity (Wildman–Crippen MR) is 110 cm³/mol. The Balaban J connectivity index is 1.98. The van der Waals surface area contributed by atoms with E-state index >= 15 is 0 Å². The van der Waals surface area contributed by atoms with Crippen LogP contribution in [0.2, 0.25) is 5.02 Å². The molecule has 0 unspecified atom stereocenters. The number of carbonyl (C=O) groups excluding carboxylic acids is 1. The number of sulfonamides is 1. The Bertz CT molecular complexity index is 995. The van der Waals surface area contributed by atoms with Crippen LogP contribution in [0.1, 0.15) is 12.8 Å². The van der Waals surface area contributed by atoms with E-state index < -0.39 is 64.7 Å². The molecule has 5 atom stereocenters. The average Bonchev–Trinajstić information content (AvgIpc) is 3.59. The number of benzene rings is 1. The zero-order valence-corrected chi connectivity index (χ0v) is 18.2. The van der Waals surface area contributed by atoms with Crippen LogP contribution in [0.25, 0.3) is 0 Å². The molecule has 1 fully saturated rings. The van der Waals surface area contributed by atoms with Crippen molar-refractivity contribution in [2.24, 2.45) is 5.92 Å². The molecule has 0 radical (unpaired) electrons.